The maximum Gasteiger partial charge on any atom is 0.165 e. The molecule has 0 radical (unpaired) electrons. The van der Waals surface area contributed by atoms with Gasteiger partial charge in [0, 0.05) is 11.5 Å². The van der Waals surface area contributed by atoms with Crippen LogP contribution in [-0.4, -0.2) is 38.3 Å². The largest absolute Gasteiger partial charge is 0.493 e. The Morgan fingerprint density at radius 3 is 3.00 bits per heavy atom. The number of hydrogen-bond donors (Lipinski definition) is 0. The van der Waals surface area contributed by atoms with E-state index in [-0.39, 0.29) is 0 Å². The van der Waals surface area contributed by atoms with Crippen LogP contribution in [0.2, 0.25) is 0 Å². The van der Waals surface area contributed by atoms with Crippen molar-refractivity contribution in [2.24, 2.45) is 0 Å². The SMILES string of the molecule is CCCc1ccc2c(c1OC)OC[C@@H]1[C@@H]2CCCN1C. The molecule has 2 aliphatic rings. The Morgan fingerprint density at radius 1 is 1.40 bits per heavy atom. The van der Waals surface area contributed by atoms with Gasteiger partial charge in [0.25, 0.3) is 0 Å². The Morgan fingerprint density at radius 2 is 2.25 bits per heavy atom. The van der Waals surface area contributed by atoms with Gasteiger partial charge < -0.3 is 9.47 Å². The van der Waals surface area contributed by atoms with E-state index in [2.05, 4.69) is 31.0 Å². The van der Waals surface area contributed by atoms with Crippen LogP contribution in [0, 0.1) is 0 Å². The molecule has 2 heterocycles. The van der Waals surface area contributed by atoms with Gasteiger partial charge in [-0.05, 0) is 38.4 Å². The highest BCUT2D eigenvalue weighted by Gasteiger charge is 2.37. The third-order valence-electron chi connectivity index (χ3n) is 4.80. The Bertz CT molecular complexity index is 486. The molecule has 0 aliphatic carbocycles. The molecule has 1 saturated heterocycles. The van der Waals surface area contributed by atoms with Gasteiger partial charge >= 0.3 is 0 Å². The van der Waals surface area contributed by atoms with Crippen molar-refractivity contribution < 1.29 is 9.47 Å². The number of methoxy groups -OCH3 is 1. The first-order valence-corrected chi connectivity index (χ1v) is 7.79. The van der Waals surface area contributed by atoms with Crippen molar-refractivity contribution in [2.75, 3.05) is 27.3 Å². The van der Waals surface area contributed by atoms with Gasteiger partial charge in [0.15, 0.2) is 11.5 Å². The third-order valence-corrected chi connectivity index (χ3v) is 4.80. The minimum absolute atomic E-state index is 0.526. The van der Waals surface area contributed by atoms with Crippen LogP contribution in [0.5, 0.6) is 11.5 Å². The summed E-state index contributed by atoms with van der Waals surface area (Å²) in [5.41, 5.74) is 2.63. The lowest BCUT2D eigenvalue weighted by Crippen LogP contribution is -2.47. The fraction of sp³-hybridized carbons (Fsp3) is 0.647. The molecule has 0 N–H and O–H groups in total. The molecule has 3 rings (SSSR count). The number of piperidine rings is 1. The topological polar surface area (TPSA) is 21.7 Å². The summed E-state index contributed by atoms with van der Waals surface area (Å²) in [4.78, 5) is 2.45. The fourth-order valence-corrected chi connectivity index (χ4v) is 3.75. The highest BCUT2D eigenvalue weighted by atomic mass is 16.5. The number of nitrogens with zero attached hydrogens (tertiary/aromatic N) is 1. The van der Waals surface area contributed by atoms with Crippen LogP contribution in [0.1, 0.15) is 43.2 Å². The summed E-state index contributed by atoms with van der Waals surface area (Å²) in [6, 6.07) is 5.04. The van der Waals surface area contributed by atoms with Crippen molar-refractivity contribution in [1.29, 1.82) is 0 Å². The number of benzene rings is 1. The fourth-order valence-electron chi connectivity index (χ4n) is 3.75. The van der Waals surface area contributed by atoms with E-state index in [9.17, 15) is 0 Å². The Balaban J connectivity index is 2.01. The molecule has 2 atom stereocenters. The summed E-state index contributed by atoms with van der Waals surface area (Å²) in [6.45, 7) is 4.18. The zero-order valence-electron chi connectivity index (χ0n) is 12.8. The Labute approximate surface area is 121 Å². The van der Waals surface area contributed by atoms with Crippen molar-refractivity contribution in [3.05, 3.63) is 23.3 Å². The average molecular weight is 275 g/mol. The van der Waals surface area contributed by atoms with Crippen LogP contribution in [-0.2, 0) is 6.42 Å². The van der Waals surface area contributed by atoms with Crippen LogP contribution in [0.4, 0.5) is 0 Å². The van der Waals surface area contributed by atoms with Gasteiger partial charge in [0.1, 0.15) is 6.61 Å². The van der Waals surface area contributed by atoms with E-state index < -0.39 is 0 Å². The lowest BCUT2D eigenvalue weighted by Gasteiger charge is -2.43. The van der Waals surface area contributed by atoms with E-state index >= 15 is 0 Å². The molecule has 0 unspecified atom stereocenters. The molecule has 1 aromatic carbocycles. The zero-order valence-corrected chi connectivity index (χ0v) is 12.8. The molecule has 0 amide bonds. The summed E-state index contributed by atoms with van der Waals surface area (Å²) < 4.78 is 11.8. The molecular formula is C17H25NO2. The summed E-state index contributed by atoms with van der Waals surface area (Å²) in [5, 5.41) is 0. The van der Waals surface area contributed by atoms with Crippen LogP contribution >= 0.6 is 0 Å². The van der Waals surface area contributed by atoms with Gasteiger partial charge in [0.2, 0.25) is 0 Å². The predicted molar refractivity (Wildman–Crippen MR) is 80.9 cm³/mol. The van der Waals surface area contributed by atoms with E-state index in [0.717, 1.165) is 30.9 Å². The van der Waals surface area contributed by atoms with Crippen LogP contribution < -0.4 is 9.47 Å². The minimum atomic E-state index is 0.526. The number of ether oxygens (including phenoxy) is 2. The lowest BCUT2D eigenvalue weighted by atomic mass is 9.81. The standard InChI is InChI=1S/C17H25NO2/c1-4-6-12-8-9-14-13-7-5-10-18(2)15(13)11-20-17(14)16(12)19-3/h8-9,13,15H,4-7,10-11H2,1-3H3/t13-,15-/m1/s1. The number of aryl methyl sites for hydroxylation is 1. The van der Waals surface area contributed by atoms with E-state index in [1.54, 1.807) is 7.11 Å². The smallest absolute Gasteiger partial charge is 0.165 e. The Hall–Kier alpha value is -1.22. The number of likely N-dealkylation sites (N-methyl/N-ethyl adjacent to an activating group) is 1. The van der Waals surface area contributed by atoms with Gasteiger partial charge in [0.05, 0.1) is 13.2 Å². The second-order valence-corrected chi connectivity index (χ2v) is 6.03. The average Bonchev–Trinajstić information content (AvgIpc) is 2.47. The zero-order chi connectivity index (χ0) is 14.1. The number of rotatable bonds is 3. The van der Waals surface area contributed by atoms with Crippen molar-refractivity contribution in [1.82, 2.24) is 4.90 Å². The molecule has 2 aliphatic heterocycles. The van der Waals surface area contributed by atoms with E-state index in [1.165, 1.54) is 30.5 Å². The lowest BCUT2D eigenvalue weighted by molar-refractivity contribution is 0.0846. The first-order chi connectivity index (χ1) is 9.76. The minimum Gasteiger partial charge on any atom is -0.493 e. The normalized spacial score (nSPS) is 25.6. The number of hydrogen-bond acceptors (Lipinski definition) is 3. The van der Waals surface area contributed by atoms with Gasteiger partial charge in [-0.25, -0.2) is 0 Å². The second-order valence-electron chi connectivity index (χ2n) is 6.03. The van der Waals surface area contributed by atoms with E-state index in [4.69, 9.17) is 9.47 Å². The molecule has 0 spiro atoms. The maximum atomic E-state index is 6.11. The molecule has 1 fully saturated rings. The molecule has 0 saturated carbocycles. The molecule has 0 aromatic heterocycles. The van der Waals surface area contributed by atoms with Gasteiger partial charge in [-0.15, -0.1) is 0 Å². The van der Waals surface area contributed by atoms with Crippen LogP contribution in [0.25, 0.3) is 0 Å². The van der Waals surface area contributed by atoms with Gasteiger partial charge in [-0.1, -0.05) is 25.5 Å². The van der Waals surface area contributed by atoms with Gasteiger partial charge in [-0.2, -0.15) is 0 Å². The monoisotopic (exact) mass is 275 g/mol. The van der Waals surface area contributed by atoms with E-state index in [1.807, 2.05) is 0 Å². The van der Waals surface area contributed by atoms with Crippen LogP contribution in [0.15, 0.2) is 12.1 Å². The quantitative estimate of drug-likeness (QED) is 0.845. The number of likely N-dealkylation sites (tertiary alicyclic amines) is 1. The molecular weight excluding hydrogens is 250 g/mol. The third kappa shape index (κ3) is 2.18. The summed E-state index contributed by atoms with van der Waals surface area (Å²) >= 11 is 0. The van der Waals surface area contributed by atoms with Crippen molar-refractivity contribution in [3.8, 4) is 11.5 Å². The first kappa shape index (κ1) is 13.7. The van der Waals surface area contributed by atoms with Crippen LogP contribution in [0.3, 0.4) is 0 Å². The van der Waals surface area contributed by atoms with E-state index in [0.29, 0.717) is 12.0 Å². The molecule has 1 aromatic rings. The summed E-state index contributed by atoms with van der Waals surface area (Å²) in [6.07, 6.45) is 4.72. The van der Waals surface area contributed by atoms with Gasteiger partial charge in [-0.3, -0.25) is 4.90 Å². The molecule has 20 heavy (non-hydrogen) atoms. The molecule has 110 valence electrons. The molecule has 3 nitrogen and oxygen atoms in total. The van der Waals surface area contributed by atoms with Crippen molar-refractivity contribution in [3.63, 3.8) is 0 Å². The highest BCUT2D eigenvalue weighted by molar-refractivity contribution is 5.55. The Kier molecular flexibility index (Phi) is 3.88. The first-order valence-electron chi connectivity index (χ1n) is 7.79. The van der Waals surface area contributed by atoms with Crippen molar-refractivity contribution in [2.45, 2.75) is 44.6 Å². The maximum absolute atomic E-state index is 6.11. The summed E-state index contributed by atoms with van der Waals surface area (Å²) in [7, 11) is 3.98. The number of fused-ring (bicyclic) bond motifs is 3. The highest BCUT2D eigenvalue weighted by Crippen LogP contribution is 2.46. The summed E-state index contributed by atoms with van der Waals surface area (Å²) in [5.74, 6) is 2.58. The molecule has 0 bridgehead atoms. The second kappa shape index (κ2) is 5.65. The van der Waals surface area contributed by atoms with Crippen molar-refractivity contribution >= 4 is 0 Å². The molecule has 3 heteroatoms. The predicted octanol–water partition coefficient (Wildman–Crippen LogP) is 3.22.